The lowest BCUT2D eigenvalue weighted by Crippen LogP contribution is -2.49. The Hall–Kier alpha value is -3.66. The van der Waals surface area contributed by atoms with Crippen LogP contribution in [0.4, 0.5) is 15.8 Å². The number of anilines is 2. The molecule has 5 rings (SSSR count). The molecule has 11 heteroatoms. The van der Waals surface area contributed by atoms with E-state index >= 15 is 4.39 Å². The molecule has 3 amide bonds. The van der Waals surface area contributed by atoms with Crippen LogP contribution in [0.15, 0.2) is 54.6 Å². The van der Waals surface area contributed by atoms with Crippen LogP contribution < -0.4 is 26.4 Å². The average molecular weight is 628 g/mol. The Morgan fingerprint density at radius 1 is 1.12 bits per heavy atom. The fraction of sp³-hybridized carbons (Fsp3) is 0.344. The van der Waals surface area contributed by atoms with Crippen LogP contribution in [0, 0.1) is 11.2 Å². The van der Waals surface area contributed by atoms with Gasteiger partial charge >= 0.3 is 0 Å². The van der Waals surface area contributed by atoms with Gasteiger partial charge in [0.1, 0.15) is 17.0 Å². The number of hydrogen-bond acceptors (Lipinski definition) is 5. The van der Waals surface area contributed by atoms with E-state index in [1.807, 2.05) is 20.8 Å². The number of rotatable bonds is 7. The largest absolute Gasteiger partial charge is 0.495 e. The monoisotopic (exact) mass is 626 g/mol. The molecule has 0 saturated carbocycles. The Morgan fingerprint density at radius 2 is 1.86 bits per heavy atom. The molecule has 226 valence electrons. The molecule has 2 aliphatic rings. The first kappa shape index (κ1) is 30.8. The van der Waals surface area contributed by atoms with Gasteiger partial charge < -0.3 is 26.4 Å². The van der Waals surface area contributed by atoms with Crippen LogP contribution >= 0.6 is 23.2 Å². The van der Waals surface area contributed by atoms with E-state index in [9.17, 15) is 14.4 Å². The molecular weight excluding hydrogens is 594 g/mol. The molecule has 0 aromatic heterocycles. The van der Waals surface area contributed by atoms with Gasteiger partial charge in [0.25, 0.3) is 0 Å². The maximum atomic E-state index is 16.0. The number of hydrogen-bond donors (Lipinski definition) is 4. The fourth-order valence-electron chi connectivity index (χ4n) is 6.51. The number of nitrogens with one attached hydrogen (secondary N) is 3. The van der Waals surface area contributed by atoms with Gasteiger partial charge in [-0.05, 0) is 58.9 Å². The van der Waals surface area contributed by atoms with Crippen LogP contribution in [0.2, 0.25) is 10.0 Å². The van der Waals surface area contributed by atoms with Gasteiger partial charge in [0.2, 0.25) is 17.7 Å². The smallest absolute Gasteiger partial charge is 0.242 e. The van der Waals surface area contributed by atoms with E-state index in [1.54, 1.807) is 48.5 Å². The molecule has 2 heterocycles. The van der Waals surface area contributed by atoms with E-state index in [4.69, 9.17) is 33.7 Å². The second-order valence-corrected chi connectivity index (χ2v) is 13.1. The van der Waals surface area contributed by atoms with Gasteiger partial charge in [-0.25, -0.2) is 4.39 Å². The first-order valence-corrected chi connectivity index (χ1v) is 14.6. The zero-order valence-electron chi connectivity index (χ0n) is 24.2. The molecule has 1 saturated heterocycles. The average Bonchev–Trinajstić information content (AvgIpc) is 3.39. The molecule has 1 spiro atoms. The molecule has 1 fully saturated rings. The van der Waals surface area contributed by atoms with Crippen molar-refractivity contribution < 1.29 is 23.5 Å². The Bertz CT molecular complexity index is 1630. The van der Waals surface area contributed by atoms with Crippen molar-refractivity contribution in [2.75, 3.05) is 17.7 Å². The maximum Gasteiger partial charge on any atom is 0.242 e. The fourth-order valence-corrected chi connectivity index (χ4v) is 6.87. The van der Waals surface area contributed by atoms with Gasteiger partial charge in [-0.2, -0.15) is 0 Å². The Kier molecular flexibility index (Phi) is 8.19. The molecule has 4 atom stereocenters. The highest BCUT2D eigenvalue weighted by Gasteiger charge is 2.66. The lowest BCUT2D eigenvalue weighted by atomic mass is 9.62. The predicted molar refractivity (Wildman–Crippen MR) is 165 cm³/mol. The molecule has 0 radical (unpaired) electrons. The number of carbonyl (C=O) groups is 3. The Morgan fingerprint density at radius 3 is 2.53 bits per heavy atom. The number of amides is 3. The van der Waals surface area contributed by atoms with E-state index < -0.39 is 41.0 Å². The standard InChI is InChI=1S/C32H33Cl2FN4O4/c1-31(2,3)15-24-32(19-10-9-17(33)14-22(19)38-30(32)42)26(18-6-5-7-20(34)27(18)35)28(39-24)29(41)37-21-11-8-16(13-25(36)40)12-23(21)43-4/h5-12,14,24,26,28,39H,13,15H2,1-4H3,(H2,36,40)(H,37,41)(H,38,42)/t24-,26?,28+,32+/m0/s1. The quantitative estimate of drug-likeness (QED) is 0.273. The van der Waals surface area contributed by atoms with E-state index in [-0.39, 0.29) is 28.3 Å². The first-order chi connectivity index (χ1) is 20.3. The molecule has 8 nitrogen and oxygen atoms in total. The van der Waals surface area contributed by atoms with Gasteiger partial charge in [0, 0.05) is 22.7 Å². The second kappa shape index (κ2) is 11.4. The summed E-state index contributed by atoms with van der Waals surface area (Å²) in [6.07, 6.45) is 0.483. The van der Waals surface area contributed by atoms with Gasteiger partial charge in [0.15, 0.2) is 0 Å². The summed E-state index contributed by atoms with van der Waals surface area (Å²) in [5.41, 5.74) is 5.91. The zero-order chi connectivity index (χ0) is 31.3. The van der Waals surface area contributed by atoms with Gasteiger partial charge in [-0.15, -0.1) is 0 Å². The third kappa shape index (κ3) is 5.57. The summed E-state index contributed by atoms with van der Waals surface area (Å²) in [5.74, 6) is -2.76. The molecule has 0 aliphatic carbocycles. The molecule has 43 heavy (non-hydrogen) atoms. The van der Waals surface area contributed by atoms with E-state index in [0.717, 1.165) is 0 Å². The second-order valence-electron chi connectivity index (χ2n) is 12.3. The summed E-state index contributed by atoms with van der Waals surface area (Å²) >= 11 is 12.6. The van der Waals surface area contributed by atoms with E-state index in [0.29, 0.717) is 39.7 Å². The zero-order valence-corrected chi connectivity index (χ0v) is 25.7. The molecule has 2 aliphatic heterocycles. The molecule has 0 bridgehead atoms. The highest BCUT2D eigenvalue weighted by molar-refractivity contribution is 6.31. The number of methoxy groups -OCH3 is 1. The topological polar surface area (TPSA) is 123 Å². The summed E-state index contributed by atoms with van der Waals surface area (Å²) in [6.45, 7) is 6.12. The lowest BCUT2D eigenvalue weighted by molar-refractivity contribution is -0.122. The lowest BCUT2D eigenvalue weighted by Gasteiger charge is -2.37. The van der Waals surface area contributed by atoms with E-state index in [2.05, 4.69) is 16.0 Å². The van der Waals surface area contributed by atoms with Crippen molar-refractivity contribution in [3.63, 3.8) is 0 Å². The van der Waals surface area contributed by atoms with Gasteiger partial charge in [-0.1, -0.05) is 68.2 Å². The van der Waals surface area contributed by atoms with E-state index in [1.165, 1.54) is 13.2 Å². The predicted octanol–water partition coefficient (Wildman–Crippen LogP) is 5.56. The van der Waals surface area contributed by atoms with Crippen LogP contribution in [0.5, 0.6) is 5.75 Å². The highest BCUT2D eigenvalue weighted by atomic mass is 35.5. The molecular formula is C32H33Cl2FN4O4. The van der Waals surface area contributed by atoms with Crippen molar-refractivity contribution in [1.29, 1.82) is 0 Å². The van der Waals surface area contributed by atoms with Crippen LogP contribution in [0.25, 0.3) is 0 Å². The SMILES string of the molecule is COc1cc(CC(N)=O)ccc1NC(=O)[C@@H]1N[C@@H](CC(C)(C)C)[C@@]2(C(=O)Nc3cc(Cl)ccc32)C1c1cccc(Cl)c1F. The third-order valence-electron chi connectivity index (χ3n) is 8.12. The van der Waals surface area contributed by atoms with Crippen molar-refractivity contribution in [2.24, 2.45) is 11.1 Å². The number of ether oxygens (including phenoxy) is 1. The summed E-state index contributed by atoms with van der Waals surface area (Å²) in [4.78, 5) is 39.9. The molecule has 3 aromatic carbocycles. The van der Waals surface area contributed by atoms with Gasteiger partial charge in [-0.3, -0.25) is 14.4 Å². The summed E-state index contributed by atoms with van der Waals surface area (Å²) in [5, 5.41) is 9.62. The van der Waals surface area contributed by atoms with Crippen LogP contribution in [0.3, 0.4) is 0 Å². The van der Waals surface area contributed by atoms with Crippen molar-refractivity contribution in [2.45, 2.75) is 57.0 Å². The van der Waals surface area contributed by atoms with Crippen LogP contribution in [-0.4, -0.2) is 36.9 Å². The minimum atomic E-state index is -1.38. The summed E-state index contributed by atoms with van der Waals surface area (Å²) in [6, 6.07) is 13.0. The van der Waals surface area contributed by atoms with Crippen molar-refractivity contribution in [3.05, 3.63) is 87.2 Å². The number of halogens is 3. The minimum Gasteiger partial charge on any atom is -0.495 e. The summed E-state index contributed by atoms with van der Waals surface area (Å²) in [7, 11) is 1.44. The van der Waals surface area contributed by atoms with Crippen LogP contribution in [-0.2, 0) is 26.2 Å². The number of nitrogens with two attached hydrogens (primary N) is 1. The minimum absolute atomic E-state index is 0.000421. The number of primary amides is 1. The Balaban J connectivity index is 1.67. The van der Waals surface area contributed by atoms with Crippen LogP contribution in [0.1, 0.15) is 49.8 Å². The van der Waals surface area contributed by atoms with Gasteiger partial charge in [0.05, 0.1) is 30.3 Å². The third-order valence-corrected chi connectivity index (χ3v) is 8.65. The van der Waals surface area contributed by atoms with Crippen molar-refractivity contribution in [1.82, 2.24) is 5.32 Å². The first-order valence-electron chi connectivity index (χ1n) is 13.8. The number of benzene rings is 3. The highest BCUT2D eigenvalue weighted by Crippen LogP contribution is 2.57. The van der Waals surface area contributed by atoms with Crippen molar-refractivity contribution >= 4 is 52.3 Å². The molecule has 3 aromatic rings. The van der Waals surface area contributed by atoms with Crippen molar-refractivity contribution in [3.8, 4) is 5.75 Å². The Labute approximate surface area is 259 Å². The normalized spacial score (nSPS) is 22.8. The molecule has 1 unspecified atom stereocenters. The summed E-state index contributed by atoms with van der Waals surface area (Å²) < 4.78 is 21.4. The molecule has 5 N–H and O–H groups in total. The number of carbonyl (C=O) groups excluding carboxylic acids is 3. The number of fused-ring (bicyclic) bond motifs is 2. The maximum absolute atomic E-state index is 16.0.